The topological polar surface area (TPSA) is 19.4 Å². The van der Waals surface area contributed by atoms with Crippen molar-refractivity contribution in [2.45, 2.75) is 0 Å². The van der Waals surface area contributed by atoms with E-state index >= 15 is 0 Å². The molecular formula is C6H18Cl8N6P4. The fraction of sp³-hybridized carbons (Fsp3) is 1.00. The molecule has 148 valence electrons. The third-order valence-electron chi connectivity index (χ3n) is 5.73. The van der Waals surface area contributed by atoms with Crippen LogP contribution >= 0.6 is 113 Å². The summed E-state index contributed by atoms with van der Waals surface area (Å²) in [6, 6.07) is 0. The summed E-state index contributed by atoms with van der Waals surface area (Å²) in [7, 11) is 9.88. The Kier molecular flexibility index (Phi) is 4.38. The Morgan fingerprint density at radius 2 is 0.417 bits per heavy atom. The molecule has 0 aromatic heterocycles. The zero-order valence-corrected chi connectivity index (χ0v) is 23.1. The van der Waals surface area contributed by atoms with E-state index in [1.165, 1.54) is 0 Å². The monoisotopic (exact) mass is 578 g/mol. The summed E-state index contributed by atoms with van der Waals surface area (Å²) in [5.74, 6) is -17.1. The van der Waals surface area contributed by atoms with Gasteiger partial charge in [-0.1, -0.05) is 0 Å². The van der Waals surface area contributed by atoms with Crippen LogP contribution in [0.2, 0.25) is 0 Å². The Bertz CT molecular complexity index is 507. The molecule has 4 aliphatic rings. The van der Waals surface area contributed by atoms with Gasteiger partial charge in [-0.15, -0.1) is 0 Å². The zero-order valence-electron chi connectivity index (χ0n) is 13.5. The van der Waals surface area contributed by atoms with E-state index in [2.05, 4.69) is 0 Å². The normalized spacial score (nSPS) is 48.6. The minimum absolute atomic E-state index is 1.57. The van der Waals surface area contributed by atoms with E-state index in [-0.39, 0.29) is 0 Å². The fourth-order valence-corrected chi connectivity index (χ4v) is 66.0. The van der Waals surface area contributed by atoms with E-state index < -0.39 is 23.0 Å². The Morgan fingerprint density at radius 1 is 0.333 bits per heavy atom. The van der Waals surface area contributed by atoms with Crippen molar-refractivity contribution in [3.8, 4) is 0 Å². The third-order valence-corrected chi connectivity index (χ3v) is 53.3. The van der Waals surface area contributed by atoms with Crippen LogP contribution in [0.5, 0.6) is 0 Å². The van der Waals surface area contributed by atoms with Crippen LogP contribution in [-0.2, 0) is 0 Å². The molecule has 0 unspecified atom stereocenters. The van der Waals surface area contributed by atoms with Crippen LogP contribution in [-0.4, -0.2) is 68.9 Å². The molecule has 4 heterocycles. The van der Waals surface area contributed by atoms with Crippen LogP contribution < -0.4 is 0 Å². The number of hydrogen-bond acceptors (Lipinski definition) is 6. The molecule has 0 amide bonds. The molecule has 0 spiro atoms. The summed E-state index contributed by atoms with van der Waals surface area (Å²) < 4.78 is 9.43. The summed E-state index contributed by atoms with van der Waals surface area (Å²) in [6.45, 7) is 0. The van der Waals surface area contributed by atoms with E-state index in [1.54, 1.807) is 68.9 Å². The molecule has 6 nitrogen and oxygen atoms in total. The van der Waals surface area contributed by atoms with Gasteiger partial charge in [-0.3, -0.25) is 0 Å². The van der Waals surface area contributed by atoms with Crippen LogP contribution in [0.15, 0.2) is 0 Å². The number of nitrogens with zero attached hydrogens (tertiary/aromatic N) is 6. The molecule has 0 radical (unpaired) electrons. The van der Waals surface area contributed by atoms with E-state index in [0.29, 0.717) is 0 Å². The van der Waals surface area contributed by atoms with Gasteiger partial charge >= 0.3 is 182 Å². The van der Waals surface area contributed by atoms with Crippen LogP contribution in [0.3, 0.4) is 0 Å². The Hall–Kier alpha value is 3.80. The standard InChI is InChI=1S/C6H18Cl8N6P4/c1-15-21(7,8)16(2)23(11,12)18(4)22(15,9,10)19(5)24(13,14,17(21)3)20(23)6/h1-6H3. The average Bonchev–Trinajstić information content (AvgIpc) is 2.48. The van der Waals surface area contributed by atoms with Gasteiger partial charge in [-0.05, 0) is 0 Å². The minimum atomic E-state index is -4.27. The number of hydrogen-bond donors (Lipinski definition) is 0. The van der Waals surface area contributed by atoms with E-state index in [1.807, 2.05) is 0 Å². The molecule has 4 bridgehead atoms. The molecule has 0 aliphatic carbocycles. The summed E-state index contributed by atoms with van der Waals surface area (Å²) in [5, 5.41) is 0. The second kappa shape index (κ2) is 4.67. The van der Waals surface area contributed by atoms with Crippen molar-refractivity contribution < 1.29 is 0 Å². The molecule has 4 saturated heterocycles. The summed E-state index contributed by atoms with van der Waals surface area (Å²) in [4.78, 5) is 0. The van der Waals surface area contributed by atoms with Crippen molar-refractivity contribution in [2.24, 2.45) is 0 Å². The third kappa shape index (κ3) is 1.59. The van der Waals surface area contributed by atoms with Crippen molar-refractivity contribution in [1.29, 1.82) is 0 Å². The quantitative estimate of drug-likeness (QED) is 0.268. The Balaban J connectivity index is 2.65. The van der Waals surface area contributed by atoms with Gasteiger partial charge in [-0.25, -0.2) is 0 Å². The summed E-state index contributed by atoms with van der Waals surface area (Å²) in [6.07, 6.45) is 0. The van der Waals surface area contributed by atoms with Crippen molar-refractivity contribution in [3.05, 3.63) is 0 Å². The van der Waals surface area contributed by atoms with Crippen molar-refractivity contribution in [2.75, 3.05) is 42.3 Å². The predicted molar refractivity (Wildman–Crippen MR) is 121 cm³/mol. The van der Waals surface area contributed by atoms with Crippen LogP contribution in [0.4, 0.5) is 0 Å². The molecule has 4 rings (SSSR count). The van der Waals surface area contributed by atoms with Gasteiger partial charge in [0.2, 0.25) is 0 Å². The molecule has 0 N–H and O–H groups in total. The molecule has 0 atom stereocenters. The van der Waals surface area contributed by atoms with Gasteiger partial charge in [0.15, 0.2) is 0 Å². The first kappa shape index (κ1) is 22.5. The molecule has 0 aromatic carbocycles. The second-order valence-electron chi connectivity index (χ2n) is 6.08. The van der Waals surface area contributed by atoms with Gasteiger partial charge in [-0.2, -0.15) is 0 Å². The van der Waals surface area contributed by atoms with Gasteiger partial charge in [0, 0.05) is 0 Å². The summed E-state index contributed by atoms with van der Waals surface area (Å²) in [5.41, 5.74) is 0. The van der Waals surface area contributed by atoms with Crippen LogP contribution in [0.25, 0.3) is 0 Å². The second-order valence-corrected chi connectivity index (χ2v) is 38.5. The molecule has 0 aromatic rings. The van der Waals surface area contributed by atoms with Gasteiger partial charge in [0.1, 0.15) is 0 Å². The Morgan fingerprint density at radius 3 is 0.500 bits per heavy atom. The first-order chi connectivity index (χ1) is 10.1. The van der Waals surface area contributed by atoms with Gasteiger partial charge < -0.3 is 0 Å². The van der Waals surface area contributed by atoms with Crippen LogP contribution in [0.1, 0.15) is 0 Å². The average molecular weight is 582 g/mol. The first-order valence-electron chi connectivity index (χ1n) is 6.44. The van der Waals surface area contributed by atoms with E-state index in [0.717, 1.165) is 0 Å². The fourth-order valence-electron chi connectivity index (χ4n) is 3.71. The van der Waals surface area contributed by atoms with Crippen molar-refractivity contribution in [1.82, 2.24) is 26.6 Å². The molecule has 0 saturated carbocycles. The van der Waals surface area contributed by atoms with Gasteiger partial charge in [0.05, 0.1) is 0 Å². The predicted octanol–water partition coefficient (Wildman–Crippen LogP) is 8.04. The van der Waals surface area contributed by atoms with E-state index in [4.69, 9.17) is 89.9 Å². The molecule has 4 aliphatic heterocycles. The summed E-state index contributed by atoms with van der Waals surface area (Å²) >= 11 is 57.3. The number of halogens is 8. The Labute approximate surface area is 180 Å². The molecule has 4 fully saturated rings. The van der Waals surface area contributed by atoms with Gasteiger partial charge in [0.25, 0.3) is 0 Å². The molecule has 18 heteroatoms. The molecule has 24 heavy (non-hydrogen) atoms. The zero-order chi connectivity index (χ0) is 19.3. The van der Waals surface area contributed by atoms with Crippen molar-refractivity contribution in [3.63, 3.8) is 0 Å². The van der Waals surface area contributed by atoms with Crippen molar-refractivity contribution >= 4 is 113 Å². The maximum absolute atomic E-state index is 7.16. The molecular weight excluding hydrogens is 564 g/mol. The first-order valence-corrected chi connectivity index (χ1v) is 22.1. The number of rotatable bonds is 0. The maximum atomic E-state index is 7.16. The van der Waals surface area contributed by atoms with E-state index in [9.17, 15) is 0 Å². The van der Waals surface area contributed by atoms with Crippen LogP contribution in [0, 0.1) is 0 Å². The SMILES string of the molecule is CN1P2(Cl)(Cl)N(C)P3(Cl)(Cl)N(C)P1(Cl)(Cl)N(C)P(Cl)(Cl)(N2C)N3C.